The number of rotatable bonds is 7. The van der Waals surface area contributed by atoms with E-state index in [1.54, 1.807) is 42.1 Å². The van der Waals surface area contributed by atoms with Gasteiger partial charge in [-0.25, -0.2) is 4.79 Å². The topological polar surface area (TPSA) is 99.6 Å². The van der Waals surface area contributed by atoms with E-state index in [-0.39, 0.29) is 18.3 Å². The molecular formula is C23H21Cl2N3O4. The number of ether oxygens (including phenoxy) is 2. The number of benzene rings is 3. The number of nitrogen functional groups attached to an aromatic ring is 1. The fourth-order valence-corrected chi connectivity index (χ4v) is 3.46. The van der Waals surface area contributed by atoms with Crippen molar-refractivity contribution in [1.29, 1.82) is 0 Å². The standard InChI is InChI=1S/C23H20ClN3O4.ClH/c1-30-18-9-10-20-19(12-18)22(26-27(20)13-14-3-2-4-17(25)11-14)31-21(23(28)29)15-5-7-16(24)8-6-15;/h2-12,21H,13,25H2,1H3,(H,28,29);1H. The van der Waals surface area contributed by atoms with Gasteiger partial charge in [0.25, 0.3) is 0 Å². The minimum atomic E-state index is -1.25. The highest BCUT2D eigenvalue weighted by Crippen LogP contribution is 2.33. The Kier molecular flexibility index (Phi) is 7.12. The molecule has 0 aliphatic heterocycles. The van der Waals surface area contributed by atoms with Crippen molar-refractivity contribution in [2.45, 2.75) is 12.6 Å². The van der Waals surface area contributed by atoms with Crippen molar-refractivity contribution in [2.24, 2.45) is 0 Å². The molecule has 0 spiro atoms. The first kappa shape index (κ1) is 23.2. The highest BCUT2D eigenvalue weighted by Gasteiger charge is 2.25. The van der Waals surface area contributed by atoms with E-state index in [1.807, 2.05) is 36.4 Å². The van der Waals surface area contributed by atoms with E-state index < -0.39 is 12.1 Å². The van der Waals surface area contributed by atoms with Gasteiger partial charge in [-0.3, -0.25) is 4.68 Å². The average Bonchev–Trinajstić information content (AvgIpc) is 3.09. The van der Waals surface area contributed by atoms with Gasteiger partial charge < -0.3 is 20.3 Å². The Bertz CT molecular complexity index is 1240. The van der Waals surface area contributed by atoms with Crippen LogP contribution in [0.5, 0.6) is 11.6 Å². The summed E-state index contributed by atoms with van der Waals surface area (Å²) < 4.78 is 13.0. The minimum Gasteiger partial charge on any atom is -0.497 e. The molecule has 1 unspecified atom stereocenters. The summed E-state index contributed by atoms with van der Waals surface area (Å²) in [4.78, 5) is 12.0. The first-order chi connectivity index (χ1) is 14.9. The van der Waals surface area contributed by atoms with Crippen LogP contribution < -0.4 is 15.2 Å². The summed E-state index contributed by atoms with van der Waals surface area (Å²) in [6.07, 6.45) is -1.25. The van der Waals surface area contributed by atoms with Crippen LogP contribution in [-0.4, -0.2) is 28.0 Å². The van der Waals surface area contributed by atoms with E-state index in [4.69, 9.17) is 26.8 Å². The molecule has 4 aromatic rings. The van der Waals surface area contributed by atoms with Crippen molar-refractivity contribution < 1.29 is 19.4 Å². The number of carboxylic acids is 1. The van der Waals surface area contributed by atoms with E-state index in [0.29, 0.717) is 34.0 Å². The summed E-state index contributed by atoms with van der Waals surface area (Å²) in [5.41, 5.74) is 8.74. The first-order valence-corrected chi connectivity index (χ1v) is 9.86. The molecule has 4 rings (SSSR count). The third kappa shape index (κ3) is 4.90. The highest BCUT2D eigenvalue weighted by atomic mass is 35.5. The molecule has 9 heteroatoms. The van der Waals surface area contributed by atoms with Crippen LogP contribution in [0.25, 0.3) is 10.9 Å². The van der Waals surface area contributed by atoms with Crippen LogP contribution >= 0.6 is 24.0 Å². The largest absolute Gasteiger partial charge is 0.497 e. The molecule has 3 aromatic carbocycles. The fourth-order valence-electron chi connectivity index (χ4n) is 3.34. The molecule has 0 radical (unpaired) electrons. The Labute approximate surface area is 195 Å². The summed E-state index contributed by atoms with van der Waals surface area (Å²) in [5, 5.41) is 15.5. The molecular weight excluding hydrogens is 453 g/mol. The highest BCUT2D eigenvalue weighted by molar-refractivity contribution is 6.30. The van der Waals surface area contributed by atoms with Gasteiger partial charge in [0.2, 0.25) is 12.0 Å². The maximum Gasteiger partial charge on any atom is 0.349 e. The maximum absolute atomic E-state index is 12.0. The molecule has 1 aromatic heterocycles. The number of aliphatic carboxylic acids is 1. The summed E-state index contributed by atoms with van der Waals surface area (Å²) in [7, 11) is 1.56. The zero-order valence-electron chi connectivity index (χ0n) is 17.1. The molecule has 0 bridgehead atoms. The van der Waals surface area contributed by atoms with Gasteiger partial charge in [-0.1, -0.05) is 35.9 Å². The van der Waals surface area contributed by atoms with Gasteiger partial charge in [-0.15, -0.1) is 17.5 Å². The van der Waals surface area contributed by atoms with Crippen LogP contribution in [-0.2, 0) is 11.3 Å². The van der Waals surface area contributed by atoms with E-state index >= 15 is 0 Å². The molecule has 7 nitrogen and oxygen atoms in total. The molecule has 0 fully saturated rings. The Balaban J connectivity index is 0.00000289. The van der Waals surface area contributed by atoms with Crippen LogP contribution in [0.4, 0.5) is 5.69 Å². The Morgan fingerprint density at radius 1 is 1.16 bits per heavy atom. The van der Waals surface area contributed by atoms with Gasteiger partial charge in [-0.05, 0) is 48.0 Å². The van der Waals surface area contributed by atoms with E-state index in [9.17, 15) is 9.90 Å². The molecule has 0 amide bonds. The van der Waals surface area contributed by atoms with Gasteiger partial charge in [0.05, 0.1) is 24.6 Å². The number of anilines is 1. The number of aromatic nitrogens is 2. The lowest BCUT2D eigenvalue weighted by molar-refractivity contribution is -0.145. The van der Waals surface area contributed by atoms with Crippen molar-refractivity contribution in [2.75, 3.05) is 12.8 Å². The number of carbonyl (C=O) groups is 1. The van der Waals surface area contributed by atoms with Crippen LogP contribution in [0.1, 0.15) is 17.2 Å². The fraction of sp³-hybridized carbons (Fsp3) is 0.130. The molecule has 0 saturated carbocycles. The maximum atomic E-state index is 12.0. The molecule has 166 valence electrons. The summed E-state index contributed by atoms with van der Waals surface area (Å²) in [5.74, 6) is -0.330. The second kappa shape index (κ2) is 9.80. The summed E-state index contributed by atoms with van der Waals surface area (Å²) in [6.45, 7) is 0.440. The molecule has 0 aliphatic carbocycles. The quantitative estimate of drug-likeness (QED) is 0.368. The number of fused-ring (bicyclic) bond motifs is 1. The Morgan fingerprint density at radius 2 is 1.91 bits per heavy atom. The van der Waals surface area contributed by atoms with Crippen LogP contribution in [0.3, 0.4) is 0 Å². The smallest absolute Gasteiger partial charge is 0.349 e. The zero-order valence-corrected chi connectivity index (χ0v) is 18.6. The second-order valence-electron chi connectivity index (χ2n) is 6.98. The number of methoxy groups -OCH3 is 1. The van der Waals surface area contributed by atoms with Crippen molar-refractivity contribution in [3.8, 4) is 11.6 Å². The van der Waals surface area contributed by atoms with Crippen LogP contribution in [0, 0.1) is 0 Å². The third-order valence-corrected chi connectivity index (χ3v) is 5.09. The van der Waals surface area contributed by atoms with Crippen molar-refractivity contribution in [3.05, 3.63) is 82.9 Å². The number of halogens is 2. The lowest BCUT2D eigenvalue weighted by Gasteiger charge is -2.14. The predicted molar refractivity (Wildman–Crippen MR) is 126 cm³/mol. The molecule has 0 aliphatic rings. The summed E-state index contributed by atoms with van der Waals surface area (Å²) in [6, 6.07) is 19.4. The van der Waals surface area contributed by atoms with Crippen molar-refractivity contribution in [1.82, 2.24) is 9.78 Å². The van der Waals surface area contributed by atoms with Gasteiger partial charge in [0, 0.05) is 16.3 Å². The van der Waals surface area contributed by atoms with Gasteiger partial charge >= 0.3 is 5.97 Å². The lowest BCUT2D eigenvalue weighted by atomic mass is 10.1. The number of hydrogen-bond acceptors (Lipinski definition) is 5. The zero-order chi connectivity index (χ0) is 22.0. The van der Waals surface area contributed by atoms with E-state index in [1.165, 1.54) is 0 Å². The van der Waals surface area contributed by atoms with E-state index in [2.05, 4.69) is 5.10 Å². The molecule has 32 heavy (non-hydrogen) atoms. The molecule has 0 saturated heterocycles. The number of nitrogens with two attached hydrogens (primary N) is 1. The molecule has 1 heterocycles. The van der Waals surface area contributed by atoms with E-state index in [0.717, 1.165) is 11.1 Å². The monoisotopic (exact) mass is 473 g/mol. The first-order valence-electron chi connectivity index (χ1n) is 9.48. The Morgan fingerprint density at radius 3 is 2.56 bits per heavy atom. The minimum absolute atomic E-state index is 0. The second-order valence-corrected chi connectivity index (χ2v) is 7.42. The SMILES string of the molecule is COc1ccc2c(c1)c(OC(C(=O)O)c1ccc(Cl)cc1)nn2Cc1cccc(N)c1.Cl. The third-order valence-electron chi connectivity index (χ3n) is 4.83. The summed E-state index contributed by atoms with van der Waals surface area (Å²) >= 11 is 5.93. The van der Waals surface area contributed by atoms with Gasteiger partial charge in [0.1, 0.15) is 5.75 Å². The number of nitrogens with zero attached hydrogens (tertiary/aromatic N) is 2. The van der Waals surface area contributed by atoms with Crippen LogP contribution in [0.2, 0.25) is 5.02 Å². The number of carboxylic acid groups (broad SMARTS) is 1. The molecule has 3 N–H and O–H groups in total. The molecule has 1 atom stereocenters. The van der Waals surface area contributed by atoms with Gasteiger partial charge in [-0.2, -0.15) is 0 Å². The predicted octanol–water partition coefficient (Wildman–Crippen LogP) is 4.96. The van der Waals surface area contributed by atoms with Crippen LogP contribution in [0.15, 0.2) is 66.7 Å². The van der Waals surface area contributed by atoms with Gasteiger partial charge in [0.15, 0.2) is 0 Å². The lowest BCUT2D eigenvalue weighted by Crippen LogP contribution is -2.18. The normalized spacial score (nSPS) is 11.6. The Hall–Kier alpha value is -3.42. The van der Waals surface area contributed by atoms with Crippen molar-refractivity contribution >= 4 is 46.6 Å². The number of hydrogen-bond donors (Lipinski definition) is 2. The average molecular weight is 474 g/mol. The van der Waals surface area contributed by atoms with Crippen molar-refractivity contribution in [3.63, 3.8) is 0 Å².